The molecule has 0 amide bonds. The molecule has 0 aliphatic rings. The largest absolute Gasteiger partial charge is 0.508 e. The van der Waals surface area contributed by atoms with Crippen molar-refractivity contribution in [2.24, 2.45) is 0 Å². The lowest BCUT2D eigenvalue weighted by Crippen LogP contribution is -2.28. The first-order valence-corrected chi connectivity index (χ1v) is 6.47. The topological polar surface area (TPSA) is 88.6 Å². The molecular formula is C14H18N2O4. The van der Waals surface area contributed by atoms with E-state index in [9.17, 15) is 10.2 Å². The van der Waals surface area contributed by atoms with Crippen molar-refractivity contribution in [3.05, 3.63) is 24.0 Å². The molecule has 0 atom stereocenters. The molecule has 20 heavy (non-hydrogen) atoms. The number of phenols is 2. The Bertz CT molecular complexity index is 562. The van der Waals surface area contributed by atoms with Gasteiger partial charge in [-0.1, -0.05) is 19.0 Å². The zero-order chi connectivity index (χ0) is 14.8. The van der Waals surface area contributed by atoms with Gasteiger partial charge in [-0.25, -0.2) is 0 Å². The van der Waals surface area contributed by atoms with Gasteiger partial charge in [-0.3, -0.25) is 0 Å². The maximum absolute atomic E-state index is 9.49. The average Bonchev–Trinajstić information content (AvgIpc) is 2.91. The first kappa shape index (κ1) is 14.3. The second kappa shape index (κ2) is 5.50. The average molecular weight is 278 g/mol. The Morgan fingerprint density at radius 2 is 1.75 bits per heavy atom. The number of nitrogens with zero attached hydrogens (tertiary/aromatic N) is 2. The monoisotopic (exact) mass is 278 g/mol. The SMILES string of the molecule is CCC(CC)(OC)c1noc(-c2cc(O)cc(O)c2)n1. The summed E-state index contributed by atoms with van der Waals surface area (Å²) in [5.74, 6) is 0.560. The third-order valence-corrected chi connectivity index (χ3v) is 3.52. The highest BCUT2D eigenvalue weighted by molar-refractivity contribution is 5.58. The van der Waals surface area contributed by atoms with E-state index in [4.69, 9.17) is 9.26 Å². The molecule has 2 aromatic rings. The second-order valence-electron chi connectivity index (χ2n) is 4.57. The summed E-state index contributed by atoms with van der Waals surface area (Å²) in [4.78, 5) is 4.32. The second-order valence-corrected chi connectivity index (χ2v) is 4.57. The molecule has 0 bridgehead atoms. The Kier molecular flexibility index (Phi) is 3.94. The van der Waals surface area contributed by atoms with Crippen LogP contribution in [0.1, 0.15) is 32.5 Å². The summed E-state index contributed by atoms with van der Waals surface area (Å²) in [5, 5.41) is 22.9. The third kappa shape index (κ3) is 2.46. The van der Waals surface area contributed by atoms with Crippen LogP contribution in [-0.4, -0.2) is 27.5 Å². The summed E-state index contributed by atoms with van der Waals surface area (Å²) in [7, 11) is 1.61. The van der Waals surface area contributed by atoms with Gasteiger partial charge >= 0.3 is 0 Å². The first-order valence-electron chi connectivity index (χ1n) is 6.47. The summed E-state index contributed by atoms with van der Waals surface area (Å²) < 4.78 is 10.7. The standard InChI is InChI=1S/C14H18N2O4/c1-4-14(5-2,19-3)13-15-12(20-16-13)9-6-10(17)8-11(18)7-9/h6-8,17-18H,4-5H2,1-3H3. The highest BCUT2D eigenvalue weighted by atomic mass is 16.5. The molecule has 1 aromatic heterocycles. The van der Waals surface area contributed by atoms with Gasteiger partial charge in [0.15, 0.2) is 0 Å². The van der Waals surface area contributed by atoms with Gasteiger partial charge in [0.25, 0.3) is 5.89 Å². The molecule has 0 fully saturated rings. The zero-order valence-electron chi connectivity index (χ0n) is 11.8. The van der Waals surface area contributed by atoms with E-state index in [-0.39, 0.29) is 17.4 Å². The van der Waals surface area contributed by atoms with Crippen molar-refractivity contribution >= 4 is 0 Å². The summed E-state index contributed by atoms with van der Waals surface area (Å²) in [6.07, 6.45) is 1.43. The van der Waals surface area contributed by atoms with Crippen molar-refractivity contribution in [2.45, 2.75) is 32.3 Å². The Hall–Kier alpha value is -2.08. The minimum absolute atomic E-state index is 0.0660. The molecule has 0 aliphatic carbocycles. The number of rotatable bonds is 5. The van der Waals surface area contributed by atoms with Gasteiger partial charge in [-0.05, 0) is 25.0 Å². The molecule has 108 valence electrons. The van der Waals surface area contributed by atoms with E-state index >= 15 is 0 Å². The number of hydrogen-bond acceptors (Lipinski definition) is 6. The Balaban J connectivity index is 2.42. The van der Waals surface area contributed by atoms with Crippen LogP contribution in [0.3, 0.4) is 0 Å². The predicted octanol–water partition coefficient (Wildman–Crippen LogP) is 2.81. The van der Waals surface area contributed by atoms with Crippen molar-refractivity contribution in [3.63, 3.8) is 0 Å². The molecule has 0 radical (unpaired) electrons. The van der Waals surface area contributed by atoms with E-state index < -0.39 is 5.60 Å². The zero-order valence-corrected chi connectivity index (χ0v) is 11.8. The molecule has 0 saturated carbocycles. The summed E-state index contributed by atoms with van der Waals surface area (Å²) in [5.41, 5.74) is -0.126. The van der Waals surface area contributed by atoms with Crippen LogP contribution < -0.4 is 0 Å². The van der Waals surface area contributed by atoms with Crippen LogP contribution in [0.5, 0.6) is 11.5 Å². The first-order chi connectivity index (χ1) is 9.54. The molecule has 2 N–H and O–H groups in total. The van der Waals surface area contributed by atoms with Crippen LogP contribution in [0.15, 0.2) is 22.7 Å². The molecule has 6 heteroatoms. The summed E-state index contributed by atoms with van der Waals surface area (Å²) in [6.45, 7) is 3.98. The Morgan fingerprint density at radius 3 is 2.25 bits per heavy atom. The van der Waals surface area contributed by atoms with Gasteiger partial charge in [0.1, 0.15) is 17.1 Å². The third-order valence-electron chi connectivity index (χ3n) is 3.52. The van der Waals surface area contributed by atoms with Crippen LogP contribution in [-0.2, 0) is 10.3 Å². The fourth-order valence-electron chi connectivity index (χ4n) is 2.19. The lowest BCUT2D eigenvalue weighted by molar-refractivity contribution is -0.0306. The van der Waals surface area contributed by atoms with E-state index in [1.165, 1.54) is 18.2 Å². The number of hydrogen-bond donors (Lipinski definition) is 2. The van der Waals surface area contributed by atoms with Crippen LogP contribution >= 0.6 is 0 Å². The fourth-order valence-corrected chi connectivity index (χ4v) is 2.19. The van der Waals surface area contributed by atoms with Crippen molar-refractivity contribution in [1.29, 1.82) is 0 Å². The van der Waals surface area contributed by atoms with E-state index in [1.54, 1.807) is 7.11 Å². The van der Waals surface area contributed by atoms with Crippen molar-refractivity contribution in [2.75, 3.05) is 7.11 Å². The van der Waals surface area contributed by atoms with Gasteiger partial charge in [0.2, 0.25) is 5.82 Å². The van der Waals surface area contributed by atoms with Crippen molar-refractivity contribution in [3.8, 4) is 23.0 Å². The number of benzene rings is 1. The van der Waals surface area contributed by atoms with Gasteiger partial charge in [-0.15, -0.1) is 0 Å². The molecule has 2 rings (SSSR count). The van der Waals surface area contributed by atoms with Gasteiger partial charge < -0.3 is 19.5 Å². The quantitative estimate of drug-likeness (QED) is 0.874. The van der Waals surface area contributed by atoms with Gasteiger partial charge in [0, 0.05) is 18.7 Å². The van der Waals surface area contributed by atoms with Crippen molar-refractivity contribution in [1.82, 2.24) is 10.1 Å². The number of phenolic OH excluding ortho intramolecular Hbond substituents is 2. The summed E-state index contributed by atoms with van der Waals surface area (Å²) in [6, 6.07) is 4.13. The lowest BCUT2D eigenvalue weighted by atomic mass is 9.96. The maximum Gasteiger partial charge on any atom is 0.258 e. The van der Waals surface area contributed by atoms with E-state index in [1.807, 2.05) is 13.8 Å². The molecule has 1 heterocycles. The van der Waals surface area contributed by atoms with Crippen molar-refractivity contribution < 1.29 is 19.5 Å². The number of ether oxygens (including phenoxy) is 1. The van der Waals surface area contributed by atoms with E-state index in [2.05, 4.69) is 10.1 Å². The van der Waals surface area contributed by atoms with Crippen LogP contribution in [0.25, 0.3) is 11.5 Å². The van der Waals surface area contributed by atoms with E-state index in [0.717, 1.165) is 0 Å². The molecule has 1 aromatic carbocycles. The number of methoxy groups -OCH3 is 1. The lowest BCUT2D eigenvalue weighted by Gasteiger charge is -2.25. The van der Waals surface area contributed by atoms with Crippen LogP contribution in [0.2, 0.25) is 0 Å². The summed E-state index contributed by atoms with van der Waals surface area (Å²) >= 11 is 0. The smallest absolute Gasteiger partial charge is 0.258 e. The Labute approximate surface area is 117 Å². The van der Waals surface area contributed by atoms with Gasteiger partial charge in [-0.2, -0.15) is 4.98 Å². The van der Waals surface area contributed by atoms with Crippen LogP contribution in [0.4, 0.5) is 0 Å². The Morgan fingerprint density at radius 1 is 1.15 bits per heavy atom. The number of aromatic hydroxyl groups is 2. The minimum Gasteiger partial charge on any atom is -0.508 e. The maximum atomic E-state index is 9.49. The molecular weight excluding hydrogens is 260 g/mol. The molecule has 6 nitrogen and oxygen atoms in total. The van der Waals surface area contributed by atoms with E-state index in [0.29, 0.717) is 24.2 Å². The molecule has 0 unspecified atom stereocenters. The minimum atomic E-state index is -0.583. The highest BCUT2D eigenvalue weighted by Gasteiger charge is 2.33. The molecule has 0 aliphatic heterocycles. The number of aromatic nitrogens is 2. The normalized spacial score (nSPS) is 11.8. The van der Waals surface area contributed by atoms with Gasteiger partial charge in [0.05, 0.1) is 0 Å². The fraction of sp³-hybridized carbons (Fsp3) is 0.429. The van der Waals surface area contributed by atoms with Crippen LogP contribution in [0, 0.1) is 0 Å². The predicted molar refractivity (Wildman–Crippen MR) is 72.3 cm³/mol. The molecule has 0 spiro atoms. The molecule has 0 saturated heterocycles. The highest BCUT2D eigenvalue weighted by Crippen LogP contribution is 2.33.